The number of benzene rings is 1. The minimum absolute atomic E-state index is 0.241. The molecule has 124 valence electrons. The van der Waals surface area contributed by atoms with E-state index in [1.54, 1.807) is 6.07 Å². The zero-order valence-electron chi connectivity index (χ0n) is 12.9. The van der Waals surface area contributed by atoms with Gasteiger partial charge in [0.15, 0.2) is 0 Å². The molecule has 1 aromatic rings. The van der Waals surface area contributed by atoms with Gasteiger partial charge in [0.05, 0.1) is 6.10 Å². The molecule has 2 heterocycles. The molecule has 2 saturated heterocycles. The first-order chi connectivity index (χ1) is 11.0. The highest BCUT2D eigenvalue weighted by Crippen LogP contribution is 2.19. The maximum atomic E-state index is 13.3. The molecule has 23 heavy (non-hydrogen) atoms. The second kappa shape index (κ2) is 6.25. The molecule has 3 atom stereocenters. The summed E-state index contributed by atoms with van der Waals surface area (Å²) in [6, 6.07) is 4.94. The second-order valence-electron chi connectivity index (χ2n) is 6.14. The Morgan fingerprint density at radius 2 is 2.17 bits per heavy atom. The third-order valence-corrected chi connectivity index (χ3v) is 4.39. The van der Waals surface area contributed by atoms with Crippen LogP contribution in [0.3, 0.4) is 0 Å². The van der Waals surface area contributed by atoms with Crippen molar-refractivity contribution >= 4 is 11.8 Å². The number of piperazine rings is 2. The normalized spacial score (nSPS) is 26.7. The minimum atomic E-state index is -0.919. The number of aliphatic hydroxyl groups excluding tert-OH is 1. The smallest absolute Gasteiger partial charge is 0.248 e. The highest BCUT2D eigenvalue weighted by Gasteiger charge is 2.44. The van der Waals surface area contributed by atoms with E-state index in [0.29, 0.717) is 26.2 Å². The Labute approximate surface area is 133 Å². The van der Waals surface area contributed by atoms with E-state index < -0.39 is 18.2 Å². The fraction of sp³-hybridized carbons (Fsp3) is 0.500. The molecule has 2 N–H and O–H groups in total. The molecule has 2 fully saturated rings. The summed E-state index contributed by atoms with van der Waals surface area (Å²) in [7, 11) is 0. The van der Waals surface area contributed by atoms with Gasteiger partial charge in [-0.05, 0) is 24.6 Å². The van der Waals surface area contributed by atoms with Crippen molar-refractivity contribution in [1.82, 2.24) is 15.1 Å². The molecule has 0 spiro atoms. The van der Waals surface area contributed by atoms with Crippen LogP contribution in [0.25, 0.3) is 0 Å². The highest BCUT2D eigenvalue weighted by molar-refractivity contribution is 5.97. The first kappa shape index (κ1) is 15.9. The van der Waals surface area contributed by atoms with E-state index in [4.69, 9.17) is 0 Å². The Balaban J connectivity index is 1.69. The Bertz CT molecular complexity index is 622. The monoisotopic (exact) mass is 321 g/mol. The number of nitrogens with one attached hydrogen (secondary N) is 1. The lowest BCUT2D eigenvalue weighted by atomic mass is 10.0. The molecule has 2 amide bonds. The van der Waals surface area contributed by atoms with Crippen molar-refractivity contribution in [2.24, 2.45) is 0 Å². The van der Waals surface area contributed by atoms with Crippen LogP contribution in [0.15, 0.2) is 24.3 Å². The molecule has 2 aliphatic rings. The van der Waals surface area contributed by atoms with Crippen LogP contribution >= 0.6 is 0 Å². The number of carbonyl (C=O) groups excluding carboxylic acids is 2. The molecule has 0 saturated carbocycles. The zero-order chi connectivity index (χ0) is 16.6. The van der Waals surface area contributed by atoms with Gasteiger partial charge in [0.25, 0.3) is 0 Å². The zero-order valence-corrected chi connectivity index (χ0v) is 12.9. The van der Waals surface area contributed by atoms with Crippen LogP contribution in [-0.4, -0.2) is 64.5 Å². The number of halogens is 1. The molecule has 0 aliphatic carbocycles. The fourth-order valence-electron chi connectivity index (χ4n) is 3.18. The van der Waals surface area contributed by atoms with E-state index in [9.17, 15) is 19.1 Å². The first-order valence-electron chi connectivity index (χ1n) is 7.71. The molecule has 2 aliphatic heterocycles. The lowest BCUT2D eigenvalue weighted by Gasteiger charge is -2.45. The van der Waals surface area contributed by atoms with E-state index in [2.05, 4.69) is 5.32 Å². The van der Waals surface area contributed by atoms with Gasteiger partial charge in [-0.15, -0.1) is 0 Å². The lowest BCUT2D eigenvalue weighted by Crippen LogP contribution is -2.70. The van der Waals surface area contributed by atoms with E-state index >= 15 is 0 Å². The van der Waals surface area contributed by atoms with Gasteiger partial charge >= 0.3 is 0 Å². The molecule has 1 aromatic carbocycles. The van der Waals surface area contributed by atoms with Gasteiger partial charge in [0.2, 0.25) is 11.8 Å². The lowest BCUT2D eigenvalue weighted by molar-refractivity contribution is -0.156. The van der Waals surface area contributed by atoms with E-state index in [0.717, 1.165) is 5.56 Å². The van der Waals surface area contributed by atoms with Crippen molar-refractivity contribution in [2.45, 2.75) is 31.7 Å². The summed E-state index contributed by atoms with van der Waals surface area (Å²) in [4.78, 5) is 28.2. The summed E-state index contributed by atoms with van der Waals surface area (Å²) >= 11 is 0. The van der Waals surface area contributed by atoms with Gasteiger partial charge in [-0.1, -0.05) is 12.1 Å². The molecular formula is C16H20FN3O3. The van der Waals surface area contributed by atoms with Crippen molar-refractivity contribution < 1.29 is 19.1 Å². The summed E-state index contributed by atoms with van der Waals surface area (Å²) in [5.74, 6) is -0.777. The van der Waals surface area contributed by atoms with Crippen LogP contribution in [0.2, 0.25) is 0 Å². The van der Waals surface area contributed by atoms with Crippen molar-refractivity contribution in [1.29, 1.82) is 0 Å². The highest BCUT2D eigenvalue weighted by atomic mass is 19.1. The number of hydrogen-bond acceptors (Lipinski definition) is 4. The molecule has 0 bridgehead atoms. The Kier molecular flexibility index (Phi) is 4.32. The molecule has 0 aromatic heterocycles. The quantitative estimate of drug-likeness (QED) is 0.803. The molecule has 3 rings (SSSR count). The van der Waals surface area contributed by atoms with Crippen LogP contribution in [0.4, 0.5) is 4.39 Å². The topological polar surface area (TPSA) is 72.9 Å². The van der Waals surface area contributed by atoms with E-state index in [-0.39, 0.29) is 17.6 Å². The number of aliphatic hydroxyl groups is 1. The van der Waals surface area contributed by atoms with Crippen molar-refractivity contribution in [3.8, 4) is 0 Å². The largest absolute Gasteiger partial charge is 0.391 e. The van der Waals surface area contributed by atoms with Crippen molar-refractivity contribution in [3.63, 3.8) is 0 Å². The molecular weight excluding hydrogens is 301 g/mol. The van der Waals surface area contributed by atoms with Crippen LogP contribution in [0.5, 0.6) is 0 Å². The molecule has 0 radical (unpaired) electrons. The number of hydrogen-bond donors (Lipinski definition) is 2. The maximum Gasteiger partial charge on any atom is 0.248 e. The van der Waals surface area contributed by atoms with Crippen molar-refractivity contribution in [3.05, 3.63) is 35.6 Å². The number of amides is 2. The SMILES string of the molecule is C[C@@H](O)[C@@H]1NC(=O)[C@H]2CN(Cc3cccc(F)c3)CCN2C1=O. The number of fused-ring (bicyclic) bond motifs is 1. The third kappa shape index (κ3) is 3.20. The molecule has 7 heteroatoms. The second-order valence-corrected chi connectivity index (χ2v) is 6.14. The van der Waals surface area contributed by atoms with Crippen LogP contribution < -0.4 is 5.32 Å². The van der Waals surface area contributed by atoms with Crippen LogP contribution in [0.1, 0.15) is 12.5 Å². The van der Waals surface area contributed by atoms with E-state index in [1.807, 2.05) is 11.0 Å². The number of carbonyl (C=O) groups is 2. The summed E-state index contributed by atoms with van der Waals surface area (Å²) in [6.07, 6.45) is -0.919. The third-order valence-electron chi connectivity index (χ3n) is 4.39. The predicted octanol–water partition coefficient (Wildman–Crippen LogP) is -0.282. The number of nitrogens with zero attached hydrogens (tertiary/aromatic N) is 2. The predicted molar refractivity (Wildman–Crippen MR) is 80.8 cm³/mol. The van der Waals surface area contributed by atoms with Gasteiger partial charge in [-0.2, -0.15) is 0 Å². The summed E-state index contributed by atoms with van der Waals surface area (Å²) in [6.45, 7) is 3.46. The average molecular weight is 321 g/mol. The molecule has 0 unspecified atom stereocenters. The number of rotatable bonds is 3. The van der Waals surface area contributed by atoms with Gasteiger partial charge in [-0.25, -0.2) is 4.39 Å². The van der Waals surface area contributed by atoms with Crippen molar-refractivity contribution in [2.75, 3.05) is 19.6 Å². The van der Waals surface area contributed by atoms with Gasteiger partial charge in [-0.3, -0.25) is 14.5 Å². The Morgan fingerprint density at radius 3 is 2.87 bits per heavy atom. The Hall–Kier alpha value is -1.99. The first-order valence-corrected chi connectivity index (χ1v) is 7.71. The Morgan fingerprint density at radius 1 is 1.39 bits per heavy atom. The van der Waals surface area contributed by atoms with E-state index in [1.165, 1.54) is 24.0 Å². The summed E-state index contributed by atoms with van der Waals surface area (Å²) in [5.41, 5.74) is 0.836. The van der Waals surface area contributed by atoms with Gasteiger partial charge in [0.1, 0.15) is 17.9 Å². The average Bonchev–Trinajstić information content (AvgIpc) is 2.50. The molecule has 6 nitrogen and oxygen atoms in total. The fourth-order valence-corrected chi connectivity index (χ4v) is 3.18. The standard InChI is InChI=1S/C16H20FN3O3/c1-10(21)14-16(23)20-6-5-19(9-13(20)15(22)18-14)8-11-3-2-4-12(17)7-11/h2-4,7,10,13-14,21H,5-6,8-9H2,1H3,(H,18,22)/t10-,13-,14+/m1/s1. The maximum absolute atomic E-state index is 13.3. The van der Waals surface area contributed by atoms with Crippen LogP contribution in [0, 0.1) is 5.82 Å². The summed E-state index contributed by atoms with van der Waals surface area (Å²) < 4.78 is 13.3. The van der Waals surface area contributed by atoms with Crippen LogP contribution in [-0.2, 0) is 16.1 Å². The minimum Gasteiger partial charge on any atom is -0.391 e. The van der Waals surface area contributed by atoms with Gasteiger partial charge in [0, 0.05) is 26.2 Å². The summed E-state index contributed by atoms with van der Waals surface area (Å²) in [5, 5.41) is 12.2. The van der Waals surface area contributed by atoms with Gasteiger partial charge < -0.3 is 15.3 Å².